The lowest BCUT2D eigenvalue weighted by atomic mass is 9.92. The van der Waals surface area contributed by atoms with Crippen molar-refractivity contribution in [2.24, 2.45) is 0 Å². The Labute approximate surface area is 119 Å². The van der Waals surface area contributed by atoms with Crippen LogP contribution in [0.4, 0.5) is 4.39 Å². The number of fused-ring (bicyclic) bond motifs is 1. The predicted molar refractivity (Wildman–Crippen MR) is 75.6 cm³/mol. The number of hydrogen-bond donors (Lipinski definition) is 0. The van der Waals surface area contributed by atoms with E-state index in [9.17, 15) is 9.18 Å². The molecule has 19 heavy (non-hydrogen) atoms. The molecule has 2 aromatic carbocycles. The van der Waals surface area contributed by atoms with E-state index >= 15 is 0 Å². The minimum Gasteiger partial charge on any atom is -0.293 e. The molecule has 0 aromatic heterocycles. The zero-order chi connectivity index (χ0) is 13.4. The first-order valence-electron chi connectivity index (χ1n) is 5.88. The van der Waals surface area contributed by atoms with Gasteiger partial charge >= 0.3 is 0 Å². The van der Waals surface area contributed by atoms with Crippen molar-refractivity contribution in [1.82, 2.24) is 0 Å². The maximum absolute atomic E-state index is 13.8. The van der Waals surface area contributed by atoms with Crippen LogP contribution < -0.4 is 0 Å². The number of rotatable bonds is 2. The van der Waals surface area contributed by atoms with Crippen LogP contribution in [0.2, 0.25) is 5.02 Å². The molecule has 2 aromatic rings. The van der Waals surface area contributed by atoms with Crippen LogP contribution >= 0.6 is 23.4 Å². The van der Waals surface area contributed by atoms with E-state index < -0.39 is 5.82 Å². The van der Waals surface area contributed by atoms with Gasteiger partial charge in [0.2, 0.25) is 0 Å². The molecule has 0 fully saturated rings. The van der Waals surface area contributed by atoms with Crippen molar-refractivity contribution >= 4 is 29.1 Å². The SMILES string of the molecule is O=C(c1ccc(Cl)cc1F)C1CSc2ccccc21. The summed E-state index contributed by atoms with van der Waals surface area (Å²) in [7, 11) is 0. The molecule has 0 saturated heterocycles. The van der Waals surface area contributed by atoms with Crippen molar-refractivity contribution in [3.05, 3.63) is 64.4 Å². The second-order valence-corrected chi connectivity index (χ2v) is 5.89. The summed E-state index contributed by atoms with van der Waals surface area (Å²) in [4.78, 5) is 13.6. The molecule has 0 saturated carbocycles. The highest BCUT2D eigenvalue weighted by Crippen LogP contribution is 2.41. The van der Waals surface area contributed by atoms with Gasteiger partial charge in [0, 0.05) is 15.7 Å². The number of Topliss-reactive ketones (excluding diaryl/α,β-unsaturated/α-hetero) is 1. The van der Waals surface area contributed by atoms with E-state index in [2.05, 4.69) is 0 Å². The Kier molecular flexibility index (Phi) is 3.33. The lowest BCUT2D eigenvalue weighted by Crippen LogP contribution is -2.14. The van der Waals surface area contributed by atoms with Crippen LogP contribution in [0.15, 0.2) is 47.4 Å². The van der Waals surface area contributed by atoms with E-state index in [0.717, 1.165) is 10.5 Å². The lowest BCUT2D eigenvalue weighted by Gasteiger charge is -2.10. The molecule has 0 amide bonds. The second-order valence-electron chi connectivity index (χ2n) is 4.39. The number of halogens is 2. The summed E-state index contributed by atoms with van der Waals surface area (Å²) in [5, 5.41) is 0.301. The topological polar surface area (TPSA) is 17.1 Å². The van der Waals surface area contributed by atoms with Crippen molar-refractivity contribution in [2.45, 2.75) is 10.8 Å². The van der Waals surface area contributed by atoms with Crippen molar-refractivity contribution < 1.29 is 9.18 Å². The van der Waals surface area contributed by atoms with Crippen molar-refractivity contribution in [3.63, 3.8) is 0 Å². The first-order chi connectivity index (χ1) is 9.16. The molecule has 1 unspecified atom stereocenters. The number of thioether (sulfide) groups is 1. The molecule has 0 N–H and O–H groups in total. The number of carbonyl (C=O) groups excluding carboxylic acids is 1. The molecule has 0 bridgehead atoms. The van der Waals surface area contributed by atoms with Crippen molar-refractivity contribution in [3.8, 4) is 0 Å². The molecule has 0 aliphatic carbocycles. The Morgan fingerprint density at radius 3 is 2.84 bits per heavy atom. The molecular formula is C15H10ClFOS. The molecular weight excluding hydrogens is 283 g/mol. The molecule has 3 rings (SSSR count). The first-order valence-corrected chi connectivity index (χ1v) is 7.24. The summed E-state index contributed by atoms with van der Waals surface area (Å²) in [6, 6.07) is 12.0. The van der Waals surface area contributed by atoms with Crippen LogP contribution in [0.25, 0.3) is 0 Å². The molecule has 0 radical (unpaired) electrons. The van der Waals surface area contributed by atoms with Gasteiger partial charge in [-0.15, -0.1) is 11.8 Å². The van der Waals surface area contributed by atoms with E-state index in [-0.39, 0.29) is 17.3 Å². The van der Waals surface area contributed by atoms with Crippen LogP contribution in [0.5, 0.6) is 0 Å². The minimum atomic E-state index is -0.549. The summed E-state index contributed by atoms with van der Waals surface area (Å²) in [6.07, 6.45) is 0. The Morgan fingerprint density at radius 2 is 2.05 bits per heavy atom. The summed E-state index contributed by atoms with van der Waals surface area (Å²) in [5.74, 6) is -0.323. The van der Waals surface area contributed by atoms with Crippen LogP contribution in [0.3, 0.4) is 0 Å². The van der Waals surface area contributed by atoms with Gasteiger partial charge in [0.05, 0.1) is 11.5 Å². The molecule has 1 nitrogen and oxygen atoms in total. The Bertz CT molecular complexity index is 656. The molecule has 96 valence electrons. The molecule has 1 heterocycles. The summed E-state index contributed by atoms with van der Waals surface area (Å²) in [5.41, 5.74) is 1.11. The van der Waals surface area contributed by atoms with Gasteiger partial charge in [-0.2, -0.15) is 0 Å². The average molecular weight is 293 g/mol. The quantitative estimate of drug-likeness (QED) is 0.755. The standard InChI is InChI=1S/C15H10ClFOS/c16-9-5-6-11(13(17)7-9)15(18)12-8-19-14-4-2-1-3-10(12)14/h1-7,12H,8H2. The molecule has 1 aliphatic rings. The highest BCUT2D eigenvalue weighted by Gasteiger charge is 2.30. The van der Waals surface area contributed by atoms with Gasteiger partial charge in [0.25, 0.3) is 0 Å². The van der Waals surface area contributed by atoms with Gasteiger partial charge < -0.3 is 0 Å². The van der Waals surface area contributed by atoms with E-state index in [0.29, 0.717) is 10.8 Å². The first kappa shape index (κ1) is 12.7. The maximum atomic E-state index is 13.8. The van der Waals surface area contributed by atoms with Gasteiger partial charge in [-0.25, -0.2) is 4.39 Å². The fourth-order valence-electron chi connectivity index (χ4n) is 2.26. The fraction of sp³-hybridized carbons (Fsp3) is 0.133. The van der Waals surface area contributed by atoms with Crippen LogP contribution in [-0.2, 0) is 0 Å². The number of ketones is 1. The number of benzene rings is 2. The largest absolute Gasteiger partial charge is 0.293 e. The summed E-state index contributed by atoms with van der Waals surface area (Å²) in [6.45, 7) is 0. The van der Waals surface area contributed by atoms with Crippen LogP contribution in [0, 0.1) is 5.82 Å². The predicted octanol–water partition coefficient (Wildman–Crippen LogP) is 4.55. The van der Waals surface area contributed by atoms with Gasteiger partial charge in [-0.3, -0.25) is 4.79 Å². The lowest BCUT2D eigenvalue weighted by molar-refractivity contribution is 0.0964. The normalized spacial score (nSPS) is 17.3. The summed E-state index contributed by atoms with van der Waals surface area (Å²) >= 11 is 7.35. The zero-order valence-electron chi connectivity index (χ0n) is 9.90. The monoisotopic (exact) mass is 292 g/mol. The third-order valence-electron chi connectivity index (χ3n) is 3.21. The van der Waals surface area contributed by atoms with Crippen molar-refractivity contribution in [2.75, 3.05) is 5.75 Å². The van der Waals surface area contributed by atoms with E-state index in [4.69, 9.17) is 11.6 Å². The molecule has 1 atom stereocenters. The minimum absolute atomic E-state index is 0.117. The average Bonchev–Trinajstić information content (AvgIpc) is 2.82. The van der Waals surface area contributed by atoms with Crippen LogP contribution in [0.1, 0.15) is 21.8 Å². The van der Waals surface area contributed by atoms with E-state index in [1.807, 2.05) is 24.3 Å². The van der Waals surface area contributed by atoms with Gasteiger partial charge in [-0.05, 0) is 29.8 Å². The van der Waals surface area contributed by atoms with E-state index in [1.165, 1.54) is 12.1 Å². The Balaban J connectivity index is 1.98. The second kappa shape index (κ2) is 4.99. The third-order valence-corrected chi connectivity index (χ3v) is 4.63. The smallest absolute Gasteiger partial charge is 0.174 e. The molecule has 4 heteroatoms. The van der Waals surface area contributed by atoms with Crippen molar-refractivity contribution in [1.29, 1.82) is 0 Å². The van der Waals surface area contributed by atoms with E-state index in [1.54, 1.807) is 17.8 Å². The van der Waals surface area contributed by atoms with Gasteiger partial charge in [-0.1, -0.05) is 29.8 Å². The Hall–Kier alpha value is -1.32. The molecule has 1 aliphatic heterocycles. The highest BCUT2D eigenvalue weighted by atomic mass is 35.5. The zero-order valence-corrected chi connectivity index (χ0v) is 11.5. The number of carbonyl (C=O) groups is 1. The fourth-order valence-corrected chi connectivity index (χ4v) is 3.64. The number of hydrogen-bond acceptors (Lipinski definition) is 2. The maximum Gasteiger partial charge on any atom is 0.174 e. The van der Waals surface area contributed by atoms with Crippen LogP contribution in [-0.4, -0.2) is 11.5 Å². The highest BCUT2D eigenvalue weighted by molar-refractivity contribution is 7.99. The Morgan fingerprint density at radius 1 is 1.26 bits per heavy atom. The molecule has 0 spiro atoms. The summed E-state index contributed by atoms with van der Waals surface area (Å²) < 4.78 is 13.8. The van der Waals surface area contributed by atoms with Gasteiger partial charge in [0.15, 0.2) is 5.78 Å². The van der Waals surface area contributed by atoms with Gasteiger partial charge in [0.1, 0.15) is 5.82 Å². The third kappa shape index (κ3) is 2.28.